The predicted molar refractivity (Wildman–Crippen MR) is 94.7 cm³/mol. The minimum absolute atomic E-state index is 0.129. The van der Waals surface area contributed by atoms with Crippen molar-refractivity contribution in [3.05, 3.63) is 40.4 Å². The molecule has 2 aromatic rings. The van der Waals surface area contributed by atoms with Crippen molar-refractivity contribution in [3.63, 3.8) is 0 Å². The first-order chi connectivity index (χ1) is 10.9. The summed E-state index contributed by atoms with van der Waals surface area (Å²) in [6.07, 6.45) is 1.89. The molecule has 0 spiro atoms. The SMILES string of the molecule is CCCCN1c2ccc(N)cc2S(=O)(=O)c2cc(Cl)cc(Cl)c21. The zero-order valence-electron chi connectivity index (χ0n) is 12.5. The van der Waals surface area contributed by atoms with E-state index in [4.69, 9.17) is 28.9 Å². The number of anilines is 3. The fourth-order valence-corrected chi connectivity index (χ4v) is 5.22. The van der Waals surface area contributed by atoms with Crippen molar-refractivity contribution in [1.29, 1.82) is 0 Å². The second kappa shape index (κ2) is 5.89. The monoisotopic (exact) mass is 370 g/mol. The van der Waals surface area contributed by atoms with E-state index in [9.17, 15) is 8.42 Å². The maximum Gasteiger partial charge on any atom is 0.210 e. The fourth-order valence-electron chi connectivity index (χ4n) is 2.77. The number of fused-ring (bicyclic) bond motifs is 2. The van der Waals surface area contributed by atoms with Crippen molar-refractivity contribution in [3.8, 4) is 0 Å². The van der Waals surface area contributed by atoms with Gasteiger partial charge < -0.3 is 10.6 Å². The van der Waals surface area contributed by atoms with Gasteiger partial charge in [0, 0.05) is 17.3 Å². The molecule has 3 rings (SSSR count). The summed E-state index contributed by atoms with van der Waals surface area (Å²) in [6, 6.07) is 7.93. The Bertz CT molecular complexity index is 882. The van der Waals surface area contributed by atoms with E-state index in [1.807, 2.05) is 4.90 Å². The van der Waals surface area contributed by atoms with Crippen molar-refractivity contribution >= 4 is 50.1 Å². The Morgan fingerprint density at radius 1 is 1.13 bits per heavy atom. The van der Waals surface area contributed by atoms with Crippen LogP contribution in [-0.2, 0) is 9.84 Å². The highest BCUT2D eigenvalue weighted by Crippen LogP contribution is 2.48. The summed E-state index contributed by atoms with van der Waals surface area (Å²) in [7, 11) is -3.72. The van der Waals surface area contributed by atoms with Gasteiger partial charge in [-0.15, -0.1) is 0 Å². The number of nitrogen functional groups attached to an aromatic ring is 1. The van der Waals surface area contributed by atoms with Crippen LogP contribution >= 0.6 is 23.2 Å². The molecule has 2 aromatic carbocycles. The van der Waals surface area contributed by atoms with E-state index < -0.39 is 9.84 Å². The maximum atomic E-state index is 13.0. The minimum Gasteiger partial charge on any atom is -0.399 e. The van der Waals surface area contributed by atoms with Crippen LogP contribution in [0.25, 0.3) is 0 Å². The lowest BCUT2D eigenvalue weighted by molar-refractivity contribution is 0.593. The molecule has 0 amide bonds. The van der Waals surface area contributed by atoms with E-state index in [-0.39, 0.29) is 9.79 Å². The molecule has 0 bridgehead atoms. The quantitative estimate of drug-likeness (QED) is 0.797. The van der Waals surface area contributed by atoms with Crippen molar-refractivity contribution in [2.24, 2.45) is 0 Å². The van der Waals surface area contributed by atoms with E-state index in [1.165, 1.54) is 12.1 Å². The van der Waals surface area contributed by atoms with Gasteiger partial charge in [0.25, 0.3) is 0 Å². The van der Waals surface area contributed by atoms with Gasteiger partial charge in [-0.3, -0.25) is 0 Å². The molecule has 7 heteroatoms. The Hall–Kier alpha value is -1.43. The minimum atomic E-state index is -3.72. The number of benzene rings is 2. The van der Waals surface area contributed by atoms with E-state index >= 15 is 0 Å². The molecule has 23 heavy (non-hydrogen) atoms. The molecular weight excluding hydrogens is 355 g/mol. The molecule has 1 aliphatic heterocycles. The van der Waals surface area contributed by atoms with Crippen LogP contribution in [-0.4, -0.2) is 15.0 Å². The highest BCUT2D eigenvalue weighted by Gasteiger charge is 2.36. The van der Waals surface area contributed by atoms with Crippen LogP contribution in [0.4, 0.5) is 17.1 Å². The molecule has 2 N–H and O–H groups in total. The molecule has 4 nitrogen and oxygen atoms in total. The van der Waals surface area contributed by atoms with Crippen LogP contribution in [0.3, 0.4) is 0 Å². The summed E-state index contributed by atoms with van der Waals surface area (Å²) < 4.78 is 25.9. The Balaban J connectivity index is 2.34. The molecule has 0 atom stereocenters. The van der Waals surface area contributed by atoms with Crippen LogP contribution in [0.5, 0.6) is 0 Å². The number of hydrogen-bond donors (Lipinski definition) is 1. The van der Waals surface area contributed by atoms with Gasteiger partial charge in [0.1, 0.15) is 0 Å². The third-order valence-corrected chi connectivity index (χ3v) is 6.15. The molecule has 0 saturated carbocycles. The molecular formula is C16H16Cl2N2O2S. The van der Waals surface area contributed by atoms with Crippen LogP contribution in [0, 0.1) is 0 Å². The zero-order valence-corrected chi connectivity index (χ0v) is 14.8. The van der Waals surface area contributed by atoms with Crippen LogP contribution in [0.2, 0.25) is 10.0 Å². The molecule has 0 radical (unpaired) electrons. The highest BCUT2D eigenvalue weighted by atomic mass is 35.5. The summed E-state index contributed by atoms with van der Waals surface area (Å²) in [5, 5.41) is 0.620. The summed E-state index contributed by atoms with van der Waals surface area (Å²) in [6.45, 7) is 2.74. The Kier molecular flexibility index (Phi) is 4.21. The van der Waals surface area contributed by atoms with Gasteiger partial charge in [0.05, 0.1) is 26.2 Å². The first-order valence-corrected chi connectivity index (χ1v) is 9.51. The van der Waals surface area contributed by atoms with E-state index in [0.717, 1.165) is 12.8 Å². The predicted octanol–water partition coefficient (Wildman–Crippen LogP) is 4.66. The first-order valence-electron chi connectivity index (χ1n) is 7.27. The van der Waals surface area contributed by atoms with Crippen LogP contribution < -0.4 is 10.6 Å². The number of nitrogens with two attached hydrogens (primary N) is 1. The molecule has 1 aliphatic rings. The van der Waals surface area contributed by atoms with E-state index in [1.54, 1.807) is 18.2 Å². The van der Waals surface area contributed by atoms with Crippen molar-refractivity contribution in [2.45, 2.75) is 29.6 Å². The number of unbranched alkanes of at least 4 members (excludes halogenated alkanes) is 1. The van der Waals surface area contributed by atoms with Crippen LogP contribution in [0.1, 0.15) is 19.8 Å². The lowest BCUT2D eigenvalue weighted by Crippen LogP contribution is -2.27. The number of halogens is 2. The molecule has 0 unspecified atom stereocenters. The molecule has 1 heterocycles. The largest absolute Gasteiger partial charge is 0.399 e. The van der Waals surface area contributed by atoms with E-state index in [2.05, 4.69) is 6.92 Å². The fraction of sp³-hybridized carbons (Fsp3) is 0.250. The number of rotatable bonds is 3. The normalized spacial score (nSPS) is 15.2. The second-order valence-corrected chi connectivity index (χ2v) is 8.20. The van der Waals surface area contributed by atoms with Gasteiger partial charge in [0.2, 0.25) is 9.84 Å². The standard InChI is InChI=1S/C16H16Cl2N2O2S/c1-2-3-6-20-13-5-4-11(19)9-14(13)23(21,22)15-8-10(17)7-12(18)16(15)20/h4-5,7-9H,2-3,6,19H2,1H3. The number of hydrogen-bond acceptors (Lipinski definition) is 4. The van der Waals surface area contributed by atoms with Crippen molar-refractivity contribution < 1.29 is 8.42 Å². The van der Waals surface area contributed by atoms with Gasteiger partial charge in [-0.25, -0.2) is 8.42 Å². The maximum absolute atomic E-state index is 13.0. The molecule has 122 valence electrons. The lowest BCUT2D eigenvalue weighted by atomic mass is 10.2. The zero-order chi connectivity index (χ0) is 16.8. The molecule has 0 aliphatic carbocycles. The van der Waals surface area contributed by atoms with Crippen molar-refractivity contribution in [1.82, 2.24) is 0 Å². The smallest absolute Gasteiger partial charge is 0.210 e. The summed E-state index contributed by atoms with van der Waals surface area (Å²) in [5.74, 6) is 0. The second-order valence-electron chi connectivity index (χ2n) is 5.47. The lowest BCUT2D eigenvalue weighted by Gasteiger charge is -2.34. The summed E-state index contributed by atoms with van der Waals surface area (Å²) in [5.41, 5.74) is 7.28. The topological polar surface area (TPSA) is 63.4 Å². The summed E-state index contributed by atoms with van der Waals surface area (Å²) >= 11 is 12.4. The molecule has 0 saturated heterocycles. The number of nitrogens with zero attached hydrogens (tertiary/aromatic N) is 1. The number of sulfone groups is 1. The Morgan fingerprint density at radius 2 is 1.87 bits per heavy atom. The highest BCUT2D eigenvalue weighted by molar-refractivity contribution is 7.92. The third kappa shape index (κ3) is 2.67. The first kappa shape index (κ1) is 16.4. The van der Waals surface area contributed by atoms with E-state index in [0.29, 0.717) is 33.7 Å². The van der Waals surface area contributed by atoms with Crippen molar-refractivity contribution in [2.75, 3.05) is 17.2 Å². The third-order valence-electron chi connectivity index (χ3n) is 3.85. The van der Waals surface area contributed by atoms with Gasteiger partial charge in [-0.05, 0) is 36.8 Å². The van der Waals surface area contributed by atoms with Gasteiger partial charge in [-0.1, -0.05) is 36.5 Å². The van der Waals surface area contributed by atoms with Gasteiger partial charge >= 0.3 is 0 Å². The average Bonchev–Trinajstić information content (AvgIpc) is 2.48. The molecule has 0 aromatic heterocycles. The average molecular weight is 371 g/mol. The summed E-state index contributed by atoms with van der Waals surface area (Å²) in [4.78, 5) is 2.26. The van der Waals surface area contributed by atoms with Gasteiger partial charge in [-0.2, -0.15) is 0 Å². The molecule has 0 fully saturated rings. The van der Waals surface area contributed by atoms with Gasteiger partial charge in [0.15, 0.2) is 0 Å². The van der Waals surface area contributed by atoms with Crippen LogP contribution in [0.15, 0.2) is 40.1 Å². The Morgan fingerprint density at radius 3 is 2.57 bits per heavy atom. The Labute approximate surface area is 145 Å².